The maximum absolute atomic E-state index is 13.4. The van der Waals surface area contributed by atoms with Crippen LogP contribution in [0.5, 0.6) is 17.2 Å². The minimum Gasteiger partial charge on any atom is -0.508 e. The molecule has 4 rings (SSSR count). The lowest BCUT2D eigenvalue weighted by Gasteiger charge is -2.07. The summed E-state index contributed by atoms with van der Waals surface area (Å²) in [5.74, 6) is 1.58. The highest BCUT2D eigenvalue weighted by molar-refractivity contribution is 7.22. The number of ether oxygens (including phenoxy) is 2. The highest BCUT2D eigenvalue weighted by atomic mass is 32.1. The fourth-order valence-corrected chi connectivity index (χ4v) is 4.37. The van der Waals surface area contributed by atoms with Crippen molar-refractivity contribution in [1.82, 2.24) is 0 Å². The average molecular weight is 390 g/mol. The summed E-state index contributed by atoms with van der Waals surface area (Å²) in [7, 11) is 3.22. The number of thiophene rings is 1. The van der Waals surface area contributed by atoms with E-state index < -0.39 is 0 Å². The van der Waals surface area contributed by atoms with Crippen molar-refractivity contribution in [2.75, 3.05) is 14.2 Å². The molecule has 4 aromatic rings. The van der Waals surface area contributed by atoms with Gasteiger partial charge in [0.05, 0.1) is 14.2 Å². The van der Waals surface area contributed by atoms with E-state index in [0.29, 0.717) is 16.9 Å². The first-order chi connectivity index (χ1) is 13.6. The quantitative estimate of drug-likeness (QED) is 0.456. The number of carbonyl (C=O) groups is 1. The van der Waals surface area contributed by atoms with Crippen LogP contribution in [0.3, 0.4) is 0 Å². The van der Waals surface area contributed by atoms with E-state index in [1.807, 2.05) is 30.3 Å². The zero-order chi connectivity index (χ0) is 19.7. The lowest BCUT2D eigenvalue weighted by Crippen LogP contribution is -2.02. The van der Waals surface area contributed by atoms with Crippen LogP contribution < -0.4 is 9.47 Å². The molecule has 0 amide bonds. The van der Waals surface area contributed by atoms with E-state index >= 15 is 0 Å². The van der Waals surface area contributed by atoms with Crippen molar-refractivity contribution in [2.24, 2.45) is 0 Å². The van der Waals surface area contributed by atoms with Gasteiger partial charge in [-0.2, -0.15) is 0 Å². The van der Waals surface area contributed by atoms with Crippen LogP contribution in [-0.4, -0.2) is 25.1 Å². The molecule has 140 valence electrons. The van der Waals surface area contributed by atoms with Gasteiger partial charge in [0.15, 0.2) is 5.78 Å². The fourth-order valence-electron chi connectivity index (χ4n) is 3.13. The molecule has 0 saturated heterocycles. The summed E-state index contributed by atoms with van der Waals surface area (Å²) < 4.78 is 11.5. The van der Waals surface area contributed by atoms with E-state index in [4.69, 9.17) is 9.47 Å². The van der Waals surface area contributed by atoms with Gasteiger partial charge in [-0.3, -0.25) is 4.79 Å². The fraction of sp³-hybridized carbons (Fsp3) is 0.0870. The molecule has 1 heterocycles. The number of ketones is 1. The maximum Gasteiger partial charge on any atom is 0.195 e. The zero-order valence-corrected chi connectivity index (χ0v) is 16.2. The predicted molar refractivity (Wildman–Crippen MR) is 112 cm³/mol. The summed E-state index contributed by atoms with van der Waals surface area (Å²) in [6, 6.07) is 19.7. The second-order valence-electron chi connectivity index (χ2n) is 6.27. The number of benzene rings is 3. The molecule has 0 fully saturated rings. The summed E-state index contributed by atoms with van der Waals surface area (Å²) in [6.45, 7) is 0. The van der Waals surface area contributed by atoms with Crippen LogP contribution in [0.15, 0.2) is 66.7 Å². The lowest BCUT2D eigenvalue weighted by molar-refractivity contribution is 0.104. The Labute approximate surface area is 166 Å². The average Bonchev–Trinajstić information content (AvgIpc) is 3.12. The molecule has 0 aliphatic heterocycles. The van der Waals surface area contributed by atoms with Crippen molar-refractivity contribution in [2.45, 2.75) is 0 Å². The number of phenols is 1. The topological polar surface area (TPSA) is 55.8 Å². The molecule has 0 bridgehead atoms. The molecule has 28 heavy (non-hydrogen) atoms. The largest absolute Gasteiger partial charge is 0.508 e. The van der Waals surface area contributed by atoms with E-state index in [1.54, 1.807) is 50.6 Å². The van der Waals surface area contributed by atoms with Crippen molar-refractivity contribution >= 4 is 27.2 Å². The summed E-state index contributed by atoms with van der Waals surface area (Å²) in [5, 5.41) is 10.5. The van der Waals surface area contributed by atoms with E-state index in [1.165, 1.54) is 11.3 Å². The van der Waals surface area contributed by atoms with Gasteiger partial charge >= 0.3 is 0 Å². The molecule has 3 aromatic carbocycles. The Morgan fingerprint density at radius 2 is 1.50 bits per heavy atom. The van der Waals surface area contributed by atoms with Crippen LogP contribution >= 0.6 is 11.3 Å². The molecule has 1 N–H and O–H groups in total. The number of hydrogen-bond donors (Lipinski definition) is 1. The predicted octanol–water partition coefficient (Wildman–Crippen LogP) is 5.52. The Bertz CT molecular complexity index is 1140. The molecule has 0 atom stereocenters. The van der Waals surface area contributed by atoms with E-state index in [9.17, 15) is 9.90 Å². The molecule has 0 aliphatic rings. The Morgan fingerprint density at radius 3 is 2.14 bits per heavy atom. The van der Waals surface area contributed by atoms with Crippen LogP contribution in [-0.2, 0) is 0 Å². The van der Waals surface area contributed by atoms with Crippen LogP contribution in [0, 0.1) is 0 Å². The van der Waals surface area contributed by atoms with E-state index in [-0.39, 0.29) is 11.5 Å². The molecule has 5 heteroatoms. The Kier molecular flexibility index (Phi) is 4.75. The van der Waals surface area contributed by atoms with Crippen LogP contribution in [0.4, 0.5) is 0 Å². The summed E-state index contributed by atoms with van der Waals surface area (Å²) in [4.78, 5) is 14.3. The van der Waals surface area contributed by atoms with Gasteiger partial charge in [0.2, 0.25) is 0 Å². The van der Waals surface area contributed by atoms with Gasteiger partial charge in [0, 0.05) is 26.1 Å². The molecule has 0 saturated carbocycles. The van der Waals surface area contributed by atoms with E-state index in [2.05, 4.69) is 0 Å². The number of hydrogen-bond acceptors (Lipinski definition) is 5. The van der Waals surface area contributed by atoms with Crippen LogP contribution in [0.25, 0.3) is 20.5 Å². The van der Waals surface area contributed by atoms with Gasteiger partial charge in [-0.1, -0.05) is 0 Å². The van der Waals surface area contributed by atoms with Crippen LogP contribution in [0.2, 0.25) is 0 Å². The SMILES string of the molecule is COc1ccc(C(=O)c2c(-c3ccc(O)cc3)sc3cc(OC)ccc23)cc1. The maximum atomic E-state index is 13.4. The number of methoxy groups -OCH3 is 2. The summed E-state index contributed by atoms with van der Waals surface area (Å²) >= 11 is 1.54. The molecule has 4 nitrogen and oxygen atoms in total. The number of aromatic hydroxyl groups is 1. The summed E-state index contributed by atoms with van der Waals surface area (Å²) in [5.41, 5.74) is 2.13. The first-order valence-corrected chi connectivity index (χ1v) is 9.51. The number of carbonyl (C=O) groups excluding carboxylic acids is 1. The van der Waals surface area contributed by atoms with Gasteiger partial charge in [0.1, 0.15) is 17.2 Å². The molecule has 1 aromatic heterocycles. The number of phenolic OH excluding ortho intramolecular Hbond substituents is 1. The normalized spacial score (nSPS) is 10.8. The first kappa shape index (κ1) is 18.1. The lowest BCUT2D eigenvalue weighted by atomic mass is 9.97. The third-order valence-corrected chi connectivity index (χ3v) is 5.81. The molecule has 0 aliphatic carbocycles. The smallest absolute Gasteiger partial charge is 0.195 e. The van der Waals surface area contributed by atoms with Gasteiger partial charge in [-0.15, -0.1) is 11.3 Å². The Balaban J connectivity index is 1.91. The number of fused-ring (bicyclic) bond motifs is 1. The molecule has 0 unspecified atom stereocenters. The van der Waals surface area contributed by atoms with Crippen molar-refractivity contribution in [3.8, 4) is 27.7 Å². The first-order valence-electron chi connectivity index (χ1n) is 8.69. The molecular formula is C23H18O4S. The van der Waals surface area contributed by atoms with Gasteiger partial charge < -0.3 is 14.6 Å². The van der Waals surface area contributed by atoms with Gasteiger partial charge in [0.25, 0.3) is 0 Å². The molecule has 0 radical (unpaired) electrons. The highest BCUT2D eigenvalue weighted by Gasteiger charge is 2.22. The monoisotopic (exact) mass is 390 g/mol. The van der Waals surface area contributed by atoms with Gasteiger partial charge in [-0.25, -0.2) is 0 Å². The van der Waals surface area contributed by atoms with Crippen molar-refractivity contribution in [3.05, 3.63) is 77.9 Å². The number of rotatable bonds is 5. The Morgan fingerprint density at radius 1 is 0.857 bits per heavy atom. The summed E-state index contributed by atoms with van der Waals surface area (Å²) in [6.07, 6.45) is 0. The third kappa shape index (κ3) is 3.21. The second-order valence-corrected chi connectivity index (χ2v) is 7.32. The highest BCUT2D eigenvalue weighted by Crippen LogP contribution is 2.41. The van der Waals surface area contributed by atoms with Crippen molar-refractivity contribution < 1.29 is 19.4 Å². The standard InChI is InChI=1S/C23H18O4S/c1-26-17-9-5-14(6-10-17)22(25)21-19-12-11-18(27-2)13-20(19)28-23(21)15-3-7-16(24)8-4-15/h3-13,24H,1-2H3. The molecular weight excluding hydrogens is 372 g/mol. The third-order valence-electron chi connectivity index (χ3n) is 4.61. The molecule has 0 spiro atoms. The minimum atomic E-state index is -0.0536. The van der Waals surface area contributed by atoms with Crippen LogP contribution in [0.1, 0.15) is 15.9 Å². The Hall–Kier alpha value is -3.31. The zero-order valence-electron chi connectivity index (χ0n) is 15.4. The second kappa shape index (κ2) is 7.37. The van der Waals surface area contributed by atoms with Crippen molar-refractivity contribution in [1.29, 1.82) is 0 Å². The van der Waals surface area contributed by atoms with E-state index in [0.717, 1.165) is 26.3 Å². The minimum absolute atomic E-state index is 0.0536. The van der Waals surface area contributed by atoms with Gasteiger partial charge in [-0.05, 0) is 72.3 Å². The van der Waals surface area contributed by atoms with Crippen molar-refractivity contribution in [3.63, 3.8) is 0 Å².